The Balaban J connectivity index is 2.57. The van der Waals surface area contributed by atoms with Gasteiger partial charge in [-0.25, -0.2) is 0 Å². The molecule has 0 amide bonds. The molecule has 0 radical (unpaired) electrons. The molecule has 64 valence electrons. The van der Waals surface area contributed by atoms with Crippen molar-refractivity contribution >= 4 is 0 Å². The van der Waals surface area contributed by atoms with Crippen LogP contribution in [0, 0.1) is 0 Å². The maximum absolute atomic E-state index is 5.64. The molecular formula is C10H14N2. The van der Waals surface area contributed by atoms with Crippen LogP contribution in [0.4, 0.5) is 0 Å². The molecule has 3 N–H and O–H groups in total. The monoisotopic (exact) mass is 162 g/mol. The van der Waals surface area contributed by atoms with Crippen molar-refractivity contribution in [2.45, 2.75) is 13.1 Å². The lowest BCUT2D eigenvalue weighted by Gasteiger charge is -2.11. The number of allylic oxidation sites excluding steroid dienone is 6. The Hall–Kier alpha value is -1.28. The highest BCUT2D eigenvalue weighted by molar-refractivity contribution is 5.35. The number of hydrogen-bond acceptors (Lipinski definition) is 2. The predicted octanol–water partition coefficient (Wildman–Crippen LogP) is 1.45. The summed E-state index contributed by atoms with van der Waals surface area (Å²) in [7, 11) is 0. The van der Waals surface area contributed by atoms with Crippen molar-refractivity contribution in [2.24, 2.45) is 5.73 Å². The molecule has 1 heterocycles. The predicted molar refractivity (Wildman–Crippen MR) is 52.3 cm³/mol. The first-order valence-electron chi connectivity index (χ1n) is 4.02. The lowest BCUT2D eigenvalue weighted by molar-refractivity contribution is 0.723. The summed E-state index contributed by atoms with van der Waals surface area (Å²) < 4.78 is 0. The Morgan fingerprint density at radius 1 is 1.50 bits per heavy atom. The third-order valence-electron chi connectivity index (χ3n) is 1.53. The lowest BCUT2D eigenvalue weighted by atomic mass is 10.1. The summed E-state index contributed by atoms with van der Waals surface area (Å²) in [6.07, 6.45) is 13.8. The molecular weight excluding hydrogens is 148 g/mol. The second kappa shape index (κ2) is 4.57. The lowest BCUT2D eigenvalue weighted by Crippen LogP contribution is -2.33. The van der Waals surface area contributed by atoms with E-state index in [0.29, 0.717) is 0 Å². The zero-order valence-electron chi connectivity index (χ0n) is 7.20. The van der Waals surface area contributed by atoms with Crippen LogP contribution in [0.2, 0.25) is 0 Å². The third-order valence-corrected chi connectivity index (χ3v) is 1.53. The Labute approximate surface area is 73.1 Å². The van der Waals surface area contributed by atoms with Crippen molar-refractivity contribution in [3.05, 3.63) is 48.2 Å². The minimum Gasteiger partial charge on any atom is -0.373 e. The maximum atomic E-state index is 5.64. The van der Waals surface area contributed by atoms with E-state index in [9.17, 15) is 0 Å². The van der Waals surface area contributed by atoms with E-state index in [1.54, 1.807) is 0 Å². The molecule has 0 aromatic rings. The van der Waals surface area contributed by atoms with Crippen LogP contribution >= 0.6 is 0 Å². The fourth-order valence-corrected chi connectivity index (χ4v) is 0.955. The van der Waals surface area contributed by atoms with Gasteiger partial charge in [-0.2, -0.15) is 0 Å². The molecule has 1 aliphatic rings. The summed E-state index contributed by atoms with van der Waals surface area (Å²) in [5.74, 6) is 0. The Kier molecular flexibility index (Phi) is 3.35. The summed E-state index contributed by atoms with van der Waals surface area (Å²) >= 11 is 0. The summed E-state index contributed by atoms with van der Waals surface area (Å²) in [4.78, 5) is 0. The standard InChI is InChI=1S/C10H14N2/c1-2-3-4-5-9-6-7-12-10(11)8-9/h2-8,10,12H,11H2,1H3/b3-2-,5-4-. The topological polar surface area (TPSA) is 38.0 Å². The van der Waals surface area contributed by atoms with Crippen LogP contribution in [-0.2, 0) is 0 Å². The zero-order valence-corrected chi connectivity index (χ0v) is 7.20. The average Bonchev–Trinajstić information content (AvgIpc) is 2.05. The molecule has 0 fully saturated rings. The second-order valence-electron chi connectivity index (χ2n) is 2.58. The van der Waals surface area contributed by atoms with Gasteiger partial charge in [0.2, 0.25) is 0 Å². The average molecular weight is 162 g/mol. The molecule has 0 spiro atoms. The van der Waals surface area contributed by atoms with E-state index >= 15 is 0 Å². The van der Waals surface area contributed by atoms with Crippen LogP contribution in [0.25, 0.3) is 0 Å². The van der Waals surface area contributed by atoms with Crippen molar-refractivity contribution in [2.75, 3.05) is 0 Å². The normalized spacial score (nSPS) is 23.2. The third kappa shape index (κ3) is 2.76. The number of hydrogen-bond donors (Lipinski definition) is 2. The van der Waals surface area contributed by atoms with Crippen LogP contribution < -0.4 is 11.1 Å². The molecule has 0 saturated heterocycles. The molecule has 0 saturated carbocycles. The quantitative estimate of drug-likeness (QED) is 0.603. The molecule has 2 heteroatoms. The van der Waals surface area contributed by atoms with Gasteiger partial charge < -0.3 is 11.1 Å². The summed E-state index contributed by atoms with van der Waals surface area (Å²) in [5.41, 5.74) is 6.78. The molecule has 0 aliphatic carbocycles. The SMILES string of the molecule is C/C=C\C=C/C1=CC(N)NC=C1. The molecule has 12 heavy (non-hydrogen) atoms. The molecule has 1 unspecified atom stereocenters. The van der Waals surface area contributed by atoms with Crippen LogP contribution in [0.5, 0.6) is 0 Å². The summed E-state index contributed by atoms with van der Waals surface area (Å²) in [6.45, 7) is 1.99. The van der Waals surface area contributed by atoms with Crippen molar-refractivity contribution < 1.29 is 0 Å². The number of rotatable bonds is 2. The first-order valence-corrected chi connectivity index (χ1v) is 4.02. The van der Waals surface area contributed by atoms with Crippen LogP contribution in [0.15, 0.2) is 48.2 Å². The van der Waals surface area contributed by atoms with Gasteiger partial charge in [0, 0.05) is 0 Å². The van der Waals surface area contributed by atoms with Gasteiger partial charge in [-0.1, -0.05) is 24.3 Å². The van der Waals surface area contributed by atoms with Crippen molar-refractivity contribution in [3.8, 4) is 0 Å². The van der Waals surface area contributed by atoms with Gasteiger partial charge in [-0.15, -0.1) is 0 Å². The van der Waals surface area contributed by atoms with Gasteiger partial charge in [-0.05, 0) is 30.8 Å². The van der Waals surface area contributed by atoms with Crippen LogP contribution in [0.1, 0.15) is 6.92 Å². The minimum absolute atomic E-state index is 0.0553. The highest BCUT2D eigenvalue weighted by Gasteiger charge is 1.98. The van der Waals surface area contributed by atoms with Crippen LogP contribution in [0.3, 0.4) is 0 Å². The van der Waals surface area contributed by atoms with E-state index in [1.807, 2.05) is 49.6 Å². The highest BCUT2D eigenvalue weighted by Crippen LogP contribution is 2.03. The van der Waals surface area contributed by atoms with Gasteiger partial charge >= 0.3 is 0 Å². The zero-order chi connectivity index (χ0) is 8.81. The molecule has 1 rings (SSSR count). The molecule has 1 aliphatic heterocycles. The molecule has 1 atom stereocenters. The fourth-order valence-electron chi connectivity index (χ4n) is 0.955. The van der Waals surface area contributed by atoms with E-state index < -0.39 is 0 Å². The smallest absolute Gasteiger partial charge is 0.0939 e. The Bertz CT molecular complexity index is 247. The first kappa shape index (κ1) is 8.81. The summed E-state index contributed by atoms with van der Waals surface area (Å²) in [6, 6.07) is 0. The second-order valence-corrected chi connectivity index (χ2v) is 2.58. The molecule has 0 bridgehead atoms. The Morgan fingerprint density at radius 2 is 2.33 bits per heavy atom. The summed E-state index contributed by atoms with van der Waals surface area (Å²) in [5, 5.41) is 2.97. The van der Waals surface area contributed by atoms with Gasteiger partial charge in [-0.3, -0.25) is 0 Å². The minimum atomic E-state index is -0.0553. The van der Waals surface area contributed by atoms with Gasteiger partial charge in [0.15, 0.2) is 0 Å². The van der Waals surface area contributed by atoms with E-state index in [4.69, 9.17) is 5.73 Å². The van der Waals surface area contributed by atoms with E-state index in [1.165, 1.54) is 0 Å². The van der Waals surface area contributed by atoms with E-state index in [0.717, 1.165) is 5.57 Å². The van der Waals surface area contributed by atoms with Crippen molar-refractivity contribution in [1.29, 1.82) is 0 Å². The molecule has 0 aromatic carbocycles. The van der Waals surface area contributed by atoms with Crippen molar-refractivity contribution in [3.63, 3.8) is 0 Å². The van der Waals surface area contributed by atoms with E-state index in [2.05, 4.69) is 5.32 Å². The number of dihydropyridines is 1. The Morgan fingerprint density at radius 3 is 3.00 bits per heavy atom. The van der Waals surface area contributed by atoms with Gasteiger partial charge in [0.05, 0.1) is 6.17 Å². The number of nitrogens with two attached hydrogens (primary N) is 1. The first-order chi connectivity index (χ1) is 5.83. The number of nitrogens with one attached hydrogen (secondary N) is 1. The largest absolute Gasteiger partial charge is 0.373 e. The highest BCUT2D eigenvalue weighted by atomic mass is 15.0. The molecule has 2 nitrogen and oxygen atoms in total. The van der Waals surface area contributed by atoms with Crippen molar-refractivity contribution in [1.82, 2.24) is 5.32 Å². The molecule has 0 aromatic heterocycles. The maximum Gasteiger partial charge on any atom is 0.0939 e. The fraction of sp³-hybridized carbons (Fsp3) is 0.200. The van der Waals surface area contributed by atoms with Crippen LogP contribution in [-0.4, -0.2) is 6.17 Å². The van der Waals surface area contributed by atoms with Gasteiger partial charge in [0.1, 0.15) is 0 Å². The van der Waals surface area contributed by atoms with Gasteiger partial charge in [0.25, 0.3) is 0 Å². The van der Waals surface area contributed by atoms with E-state index in [-0.39, 0.29) is 6.17 Å².